The van der Waals surface area contributed by atoms with E-state index in [9.17, 15) is 0 Å². The molecule has 0 aromatic carbocycles. The number of allylic oxidation sites excluding steroid dienone is 2. The molecule has 21 heavy (non-hydrogen) atoms. The molecule has 2 aliphatic carbocycles. The monoisotopic (exact) mass is 294 g/mol. The van der Waals surface area contributed by atoms with Gasteiger partial charge in [-0.25, -0.2) is 0 Å². The van der Waals surface area contributed by atoms with Gasteiger partial charge < -0.3 is 10.2 Å². The van der Waals surface area contributed by atoms with E-state index >= 15 is 0 Å². The molecule has 0 aliphatic heterocycles. The van der Waals surface area contributed by atoms with E-state index < -0.39 is 0 Å². The lowest BCUT2D eigenvalue weighted by molar-refractivity contribution is -0.860. The molecule has 0 amide bonds. The highest BCUT2D eigenvalue weighted by Gasteiger charge is 2.37. The number of nitrogens with two attached hydrogens (primary N) is 1. The van der Waals surface area contributed by atoms with Crippen molar-refractivity contribution >= 4 is 0 Å². The lowest BCUT2D eigenvalue weighted by Crippen LogP contribution is -3.06. The second-order valence-corrected chi connectivity index (χ2v) is 8.59. The molecule has 0 unspecified atom stereocenters. The van der Waals surface area contributed by atoms with Gasteiger partial charge in [0.05, 0.1) is 33.7 Å². The van der Waals surface area contributed by atoms with Gasteiger partial charge >= 0.3 is 0 Å². The molecule has 2 heteroatoms. The third-order valence-corrected chi connectivity index (χ3v) is 5.92. The summed E-state index contributed by atoms with van der Waals surface area (Å²) in [5, 5.41) is 2.59. The number of hydrogen-bond donors (Lipinski definition) is 2. The Hall–Kier alpha value is -0.340. The van der Waals surface area contributed by atoms with Crippen molar-refractivity contribution in [2.75, 3.05) is 33.7 Å². The van der Waals surface area contributed by atoms with Crippen LogP contribution in [0.15, 0.2) is 11.1 Å². The lowest BCUT2D eigenvalue weighted by Gasteiger charge is -2.42. The normalized spacial score (nSPS) is 28.9. The maximum Gasteiger partial charge on any atom is 0.0821 e. The molecule has 2 rings (SSSR count). The number of rotatable bonds is 6. The van der Waals surface area contributed by atoms with Gasteiger partial charge in [0, 0.05) is 12.3 Å². The molecule has 2 aliphatic rings. The van der Waals surface area contributed by atoms with Crippen LogP contribution in [0, 0.1) is 17.3 Å². The zero-order valence-electron chi connectivity index (χ0n) is 15.1. The Morgan fingerprint density at radius 1 is 1.24 bits per heavy atom. The van der Waals surface area contributed by atoms with Gasteiger partial charge in [0.1, 0.15) is 0 Å². The minimum Gasteiger partial charge on any atom is -0.346 e. The highest BCUT2D eigenvalue weighted by Crippen LogP contribution is 2.48. The Morgan fingerprint density at radius 2 is 2.00 bits per heavy atom. The molecule has 122 valence electrons. The van der Waals surface area contributed by atoms with E-state index in [0.717, 1.165) is 11.8 Å². The van der Waals surface area contributed by atoms with Gasteiger partial charge in [-0.3, -0.25) is 0 Å². The summed E-state index contributed by atoms with van der Waals surface area (Å²) in [6.45, 7) is 11.4. The molecular weight excluding hydrogens is 256 g/mol. The Kier molecular flexibility index (Phi) is 5.90. The van der Waals surface area contributed by atoms with Crippen LogP contribution < -0.4 is 10.2 Å². The first-order chi connectivity index (χ1) is 9.90. The molecule has 0 bridgehead atoms. The zero-order chi connectivity index (χ0) is 15.5. The fourth-order valence-electron chi connectivity index (χ4n) is 4.44. The number of nitrogens with one attached hydrogen (secondary N) is 1. The van der Waals surface area contributed by atoms with Crippen LogP contribution in [0.2, 0.25) is 0 Å². The van der Waals surface area contributed by atoms with Crippen molar-refractivity contribution in [3.05, 3.63) is 11.1 Å². The average molecular weight is 295 g/mol. The summed E-state index contributed by atoms with van der Waals surface area (Å²) in [5.41, 5.74) is 4.18. The van der Waals surface area contributed by atoms with Crippen molar-refractivity contribution < 1.29 is 10.2 Å². The molecule has 2 nitrogen and oxygen atoms in total. The standard InChI is InChI=1S/C19H36N2/c1-15-12-16-8-6-9-19(2,3)18(16)13-17(15)14-20-10-7-11-21(4)5/h15,17,20H,6-14H2,1-5H3/p+2/t15-,17+/m0/s1. The smallest absolute Gasteiger partial charge is 0.0821 e. The highest BCUT2D eigenvalue weighted by atomic mass is 15.1. The summed E-state index contributed by atoms with van der Waals surface area (Å²) in [7, 11) is 4.50. The third kappa shape index (κ3) is 4.56. The molecule has 0 spiro atoms. The predicted octanol–water partition coefficient (Wildman–Crippen LogP) is 1.64. The largest absolute Gasteiger partial charge is 0.346 e. The SMILES string of the molecule is C[C@H]1CC2=C(C[C@@H]1C[NH2+]CCC[NH+](C)C)C(C)(C)CCC2. The van der Waals surface area contributed by atoms with E-state index in [0.29, 0.717) is 5.41 Å². The van der Waals surface area contributed by atoms with E-state index in [1.807, 2.05) is 11.1 Å². The van der Waals surface area contributed by atoms with Gasteiger partial charge in [-0.2, -0.15) is 0 Å². The summed E-state index contributed by atoms with van der Waals surface area (Å²) >= 11 is 0. The summed E-state index contributed by atoms with van der Waals surface area (Å²) in [6, 6.07) is 0. The lowest BCUT2D eigenvalue weighted by atomic mass is 9.63. The number of hydrogen-bond acceptors (Lipinski definition) is 0. The molecule has 0 saturated heterocycles. The minimum absolute atomic E-state index is 0.486. The Labute approximate surface area is 132 Å². The van der Waals surface area contributed by atoms with Gasteiger partial charge in [-0.1, -0.05) is 31.9 Å². The Morgan fingerprint density at radius 3 is 2.71 bits per heavy atom. The van der Waals surface area contributed by atoms with E-state index in [2.05, 4.69) is 40.2 Å². The van der Waals surface area contributed by atoms with Crippen molar-refractivity contribution in [3.63, 3.8) is 0 Å². The molecule has 0 heterocycles. The first kappa shape index (κ1) is 17.0. The van der Waals surface area contributed by atoms with Crippen molar-refractivity contribution in [1.82, 2.24) is 0 Å². The summed E-state index contributed by atoms with van der Waals surface area (Å²) in [5.74, 6) is 1.81. The van der Waals surface area contributed by atoms with Crippen molar-refractivity contribution in [1.29, 1.82) is 0 Å². The Bertz CT molecular complexity index is 368. The molecule has 0 aromatic rings. The van der Waals surface area contributed by atoms with Crippen molar-refractivity contribution in [2.24, 2.45) is 17.3 Å². The quantitative estimate of drug-likeness (QED) is 0.549. The second-order valence-electron chi connectivity index (χ2n) is 8.59. The summed E-state index contributed by atoms with van der Waals surface area (Å²) in [4.78, 5) is 1.58. The van der Waals surface area contributed by atoms with E-state index in [-0.39, 0.29) is 0 Å². The maximum atomic E-state index is 2.59. The zero-order valence-corrected chi connectivity index (χ0v) is 15.1. The molecule has 3 N–H and O–H groups in total. The van der Waals surface area contributed by atoms with Gasteiger partial charge in [-0.15, -0.1) is 0 Å². The predicted molar refractivity (Wildman–Crippen MR) is 90.5 cm³/mol. The van der Waals surface area contributed by atoms with Crippen molar-refractivity contribution in [3.8, 4) is 0 Å². The van der Waals surface area contributed by atoms with Crippen LogP contribution in [-0.2, 0) is 0 Å². The Balaban J connectivity index is 1.84. The second kappa shape index (κ2) is 7.28. The van der Waals surface area contributed by atoms with Crippen LogP contribution in [0.25, 0.3) is 0 Å². The first-order valence-electron chi connectivity index (χ1n) is 9.22. The van der Waals surface area contributed by atoms with Crippen molar-refractivity contribution in [2.45, 2.75) is 59.3 Å². The highest BCUT2D eigenvalue weighted by molar-refractivity contribution is 5.27. The van der Waals surface area contributed by atoms with Gasteiger partial charge in [-0.05, 0) is 43.4 Å². The first-order valence-corrected chi connectivity index (χ1v) is 9.22. The molecular formula is C19H38N2+2. The van der Waals surface area contributed by atoms with Crippen LogP contribution in [0.3, 0.4) is 0 Å². The molecule has 0 fully saturated rings. The third-order valence-electron chi connectivity index (χ3n) is 5.92. The maximum absolute atomic E-state index is 2.59. The van der Waals surface area contributed by atoms with Crippen LogP contribution in [0.5, 0.6) is 0 Å². The molecule has 2 atom stereocenters. The summed E-state index contributed by atoms with van der Waals surface area (Å²) in [6.07, 6.45) is 8.34. The van der Waals surface area contributed by atoms with Crippen LogP contribution in [-0.4, -0.2) is 33.7 Å². The fourth-order valence-corrected chi connectivity index (χ4v) is 4.44. The average Bonchev–Trinajstić information content (AvgIpc) is 2.38. The van der Waals surface area contributed by atoms with Crippen LogP contribution in [0.4, 0.5) is 0 Å². The van der Waals surface area contributed by atoms with Crippen LogP contribution in [0.1, 0.15) is 59.3 Å². The van der Waals surface area contributed by atoms with Gasteiger partial charge in [0.15, 0.2) is 0 Å². The van der Waals surface area contributed by atoms with E-state index in [4.69, 9.17) is 0 Å². The van der Waals surface area contributed by atoms with E-state index in [1.54, 1.807) is 4.90 Å². The minimum atomic E-state index is 0.486. The molecule has 0 aromatic heterocycles. The number of quaternary nitrogens is 2. The topological polar surface area (TPSA) is 21.1 Å². The van der Waals surface area contributed by atoms with Crippen LogP contribution >= 0.6 is 0 Å². The summed E-state index contributed by atoms with van der Waals surface area (Å²) < 4.78 is 0. The van der Waals surface area contributed by atoms with Gasteiger partial charge in [0.25, 0.3) is 0 Å². The fraction of sp³-hybridized carbons (Fsp3) is 0.895. The van der Waals surface area contributed by atoms with Gasteiger partial charge in [0.2, 0.25) is 0 Å². The molecule has 0 saturated carbocycles. The molecule has 0 radical (unpaired) electrons. The van der Waals surface area contributed by atoms with E-state index in [1.165, 1.54) is 58.2 Å².